The van der Waals surface area contributed by atoms with Crippen LogP contribution < -0.4 is 15.8 Å². The van der Waals surface area contributed by atoms with E-state index in [0.717, 1.165) is 11.4 Å². The van der Waals surface area contributed by atoms with E-state index in [0.29, 0.717) is 17.5 Å². The van der Waals surface area contributed by atoms with Gasteiger partial charge in [0, 0.05) is 22.5 Å². The molecule has 1 aromatic heterocycles. The Morgan fingerprint density at radius 1 is 1.33 bits per heavy atom. The second-order valence-corrected chi connectivity index (χ2v) is 4.65. The molecule has 0 amide bonds. The van der Waals surface area contributed by atoms with Crippen molar-refractivity contribution in [3.63, 3.8) is 0 Å². The number of nitrogens with two attached hydrogens (primary N) is 1. The number of aromatic nitrogens is 2. The molecule has 2 rings (SSSR count). The summed E-state index contributed by atoms with van der Waals surface area (Å²) in [5.41, 5.74) is 7.37. The maximum Gasteiger partial charge on any atom is 0.256 e. The van der Waals surface area contributed by atoms with Crippen molar-refractivity contribution in [1.29, 1.82) is 0 Å². The summed E-state index contributed by atoms with van der Waals surface area (Å²) in [7, 11) is 0. The van der Waals surface area contributed by atoms with E-state index in [1.54, 1.807) is 30.3 Å². The quantitative estimate of drug-likeness (QED) is 0.670. The minimum atomic E-state index is 0.186. The van der Waals surface area contributed by atoms with Gasteiger partial charge in [0.1, 0.15) is 0 Å². The van der Waals surface area contributed by atoms with Crippen LogP contribution in [0.25, 0.3) is 0 Å². The molecule has 0 saturated carbocycles. The topological polar surface area (TPSA) is 85.4 Å². The van der Waals surface area contributed by atoms with E-state index in [-0.39, 0.29) is 11.9 Å². The van der Waals surface area contributed by atoms with E-state index in [2.05, 4.69) is 20.3 Å². The van der Waals surface area contributed by atoms with Crippen LogP contribution in [0.1, 0.15) is 12.6 Å². The average molecular weight is 306 g/mol. The molecule has 2 aromatic rings. The zero-order valence-corrected chi connectivity index (χ0v) is 12.6. The van der Waals surface area contributed by atoms with Gasteiger partial charge in [-0.1, -0.05) is 11.6 Å². The van der Waals surface area contributed by atoms with E-state index < -0.39 is 0 Å². The third kappa shape index (κ3) is 4.61. The van der Waals surface area contributed by atoms with Gasteiger partial charge < -0.3 is 15.8 Å². The van der Waals surface area contributed by atoms with Crippen LogP contribution in [-0.2, 0) is 0 Å². The van der Waals surface area contributed by atoms with Gasteiger partial charge in [-0.3, -0.25) is 0 Å². The first kappa shape index (κ1) is 15.1. The van der Waals surface area contributed by atoms with E-state index in [1.807, 2.05) is 13.8 Å². The van der Waals surface area contributed by atoms with Crippen molar-refractivity contribution >= 4 is 29.2 Å². The lowest BCUT2D eigenvalue weighted by Crippen LogP contribution is -2.22. The van der Waals surface area contributed by atoms with Gasteiger partial charge in [-0.05, 0) is 38.1 Å². The molecule has 110 valence electrons. The molecule has 1 heterocycles. The molecule has 0 spiro atoms. The summed E-state index contributed by atoms with van der Waals surface area (Å²) in [4.78, 5) is 12.5. The molecule has 0 saturated heterocycles. The minimum Gasteiger partial charge on any atom is -0.478 e. The van der Waals surface area contributed by atoms with Crippen LogP contribution in [0.15, 0.2) is 35.3 Å². The van der Waals surface area contributed by atoms with E-state index in [4.69, 9.17) is 22.1 Å². The molecule has 0 unspecified atom stereocenters. The first-order valence-electron chi connectivity index (χ1n) is 6.42. The Morgan fingerprint density at radius 3 is 2.71 bits per heavy atom. The molecule has 0 atom stereocenters. The normalized spacial score (nSPS) is 11.3. The fourth-order valence-electron chi connectivity index (χ4n) is 1.61. The fraction of sp³-hybridized carbons (Fsp3) is 0.214. The summed E-state index contributed by atoms with van der Waals surface area (Å²) >= 11 is 5.82. The second-order valence-electron chi connectivity index (χ2n) is 4.21. The Kier molecular flexibility index (Phi) is 4.94. The number of anilines is 1. The highest BCUT2D eigenvalue weighted by molar-refractivity contribution is 6.30. The molecule has 0 aliphatic rings. The molecule has 1 aromatic carbocycles. The van der Waals surface area contributed by atoms with E-state index in [1.165, 1.54) is 0 Å². The molecular formula is C14H16ClN5O. The van der Waals surface area contributed by atoms with Crippen molar-refractivity contribution in [2.45, 2.75) is 13.8 Å². The molecule has 0 aliphatic heterocycles. The first-order valence-corrected chi connectivity index (χ1v) is 6.80. The Labute approximate surface area is 128 Å². The second kappa shape index (κ2) is 6.90. The van der Waals surface area contributed by atoms with Crippen molar-refractivity contribution in [2.75, 3.05) is 11.9 Å². The highest BCUT2D eigenvalue weighted by atomic mass is 35.5. The minimum absolute atomic E-state index is 0.186. The zero-order valence-electron chi connectivity index (χ0n) is 11.8. The number of ether oxygens (including phenoxy) is 1. The van der Waals surface area contributed by atoms with Crippen LogP contribution in [0, 0.1) is 6.92 Å². The molecule has 0 bridgehead atoms. The third-order valence-corrected chi connectivity index (χ3v) is 2.70. The summed E-state index contributed by atoms with van der Waals surface area (Å²) in [5, 5.41) is 3.59. The van der Waals surface area contributed by atoms with E-state index in [9.17, 15) is 0 Å². The molecule has 21 heavy (non-hydrogen) atoms. The molecule has 6 nitrogen and oxygen atoms in total. The fourth-order valence-corrected chi connectivity index (χ4v) is 1.74. The highest BCUT2D eigenvalue weighted by Crippen LogP contribution is 2.15. The van der Waals surface area contributed by atoms with Crippen LogP contribution in [0.5, 0.6) is 5.88 Å². The van der Waals surface area contributed by atoms with Gasteiger partial charge in [0.15, 0.2) is 0 Å². The monoisotopic (exact) mass is 305 g/mol. The summed E-state index contributed by atoms with van der Waals surface area (Å²) in [6.45, 7) is 4.25. The smallest absolute Gasteiger partial charge is 0.256 e. The molecule has 0 fully saturated rings. The van der Waals surface area contributed by atoms with Crippen molar-refractivity contribution in [2.24, 2.45) is 10.7 Å². The lowest BCUT2D eigenvalue weighted by atomic mass is 10.3. The third-order valence-electron chi connectivity index (χ3n) is 2.45. The van der Waals surface area contributed by atoms with Gasteiger partial charge in [-0.2, -0.15) is 9.98 Å². The lowest BCUT2D eigenvalue weighted by molar-refractivity contribution is 0.326. The average Bonchev–Trinajstić information content (AvgIpc) is 2.41. The Morgan fingerprint density at radius 2 is 2.05 bits per heavy atom. The van der Waals surface area contributed by atoms with Crippen LogP contribution in [0.4, 0.5) is 11.6 Å². The maximum atomic E-state index is 5.83. The van der Waals surface area contributed by atoms with Crippen LogP contribution in [0.2, 0.25) is 5.02 Å². The summed E-state index contributed by atoms with van der Waals surface area (Å²) in [6.07, 6.45) is 0. The Bertz CT molecular complexity index is 642. The highest BCUT2D eigenvalue weighted by Gasteiger charge is 2.03. The number of guanidine groups is 1. The largest absolute Gasteiger partial charge is 0.478 e. The van der Waals surface area contributed by atoms with Crippen LogP contribution in [-0.4, -0.2) is 22.5 Å². The predicted octanol–water partition coefficient (Wildman–Crippen LogP) is 2.90. The van der Waals surface area contributed by atoms with E-state index >= 15 is 0 Å². The van der Waals surface area contributed by atoms with Crippen molar-refractivity contribution in [1.82, 2.24) is 9.97 Å². The number of benzene rings is 1. The molecule has 0 radical (unpaired) electrons. The van der Waals surface area contributed by atoms with Crippen molar-refractivity contribution < 1.29 is 4.74 Å². The standard InChI is InChI=1S/C14H16ClN5O/c1-3-21-12-8-9(2)17-14(19-12)20-13(16)18-11-6-4-10(15)5-7-11/h4-8H,3H2,1-2H3,(H3,16,17,18,19,20). The zero-order chi connectivity index (χ0) is 15.2. The molecule has 0 aliphatic carbocycles. The number of nitrogens with one attached hydrogen (secondary N) is 1. The Balaban J connectivity index is 2.16. The molecular weight excluding hydrogens is 290 g/mol. The number of halogens is 1. The lowest BCUT2D eigenvalue weighted by Gasteiger charge is -2.06. The Hall–Kier alpha value is -2.34. The number of rotatable bonds is 4. The summed E-state index contributed by atoms with van der Waals surface area (Å²) in [6, 6.07) is 8.85. The first-order chi connectivity index (χ1) is 10.1. The van der Waals surface area contributed by atoms with Crippen LogP contribution in [0.3, 0.4) is 0 Å². The predicted molar refractivity (Wildman–Crippen MR) is 84.3 cm³/mol. The van der Waals surface area contributed by atoms with Crippen molar-refractivity contribution in [3.05, 3.63) is 41.0 Å². The van der Waals surface area contributed by atoms with Gasteiger partial charge in [0.25, 0.3) is 5.95 Å². The molecule has 7 heteroatoms. The van der Waals surface area contributed by atoms with Gasteiger partial charge in [-0.15, -0.1) is 0 Å². The number of nitrogens with zero attached hydrogens (tertiary/aromatic N) is 3. The van der Waals surface area contributed by atoms with Crippen LogP contribution >= 0.6 is 11.6 Å². The molecule has 3 N–H and O–H groups in total. The summed E-state index contributed by atoms with van der Waals surface area (Å²) < 4.78 is 5.34. The number of aryl methyl sites for hydroxylation is 1. The van der Waals surface area contributed by atoms with Gasteiger partial charge >= 0.3 is 0 Å². The number of aliphatic imine (C=N–C) groups is 1. The maximum absolute atomic E-state index is 5.83. The number of hydrogen-bond acceptors (Lipinski definition) is 4. The SMILES string of the molecule is CCOc1cc(C)nc(/N=C(\N)Nc2ccc(Cl)cc2)n1. The number of hydrogen-bond donors (Lipinski definition) is 2. The summed E-state index contributed by atoms with van der Waals surface area (Å²) in [5.74, 6) is 0.908. The van der Waals surface area contributed by atoms with Crippen molar-refractivity contribution in [3.8, 4) is 5.88 Å². The van der Waals surface area contributed by atoms with Gasteiger partial charge in [0.05, 0.1) is 6.61 Å². The van der Waals surface area contributed by atoms with Gasteiger partial charge in [0.2, 0.25) is 11.8 Å². The van der Waals surface area contributed by atoms with Gasteiger partial charge in [-0.25, -0.2) is 4.98 Å².